The van der Waals surface area contributed by atoms with Crippen molar-refractivity contribution >= 4 is 33.2 Å². The Morgan fingerprint density at radius 2 is 1.91 bits per heavy atom. The van der Waals surface area contributed by atoms with Crippen LogP contribution in [0.2, 0.25) is 0 Å². The monoisotopic (exact) mass is 492 g/mol. The van der Waals surface area contributed by atoms with E-state index in [1.807, 2.05) is 65.0 Å². The van der Waals surface area contributed by atoms with Gasteiger partial charge in [0.05, 0.1) is 6.54 Å². The third kappa shape index (κ3) is 5.02. The lowest BCUT2D eigenvalue weighted by Crippen LogP contribution is -2.34. The number of hydrogen-bond acceptors (Lipinski definition) is 8. The third-order valence-corrected chi connectivity index (χ3v) is 6.39. The number of rotatable bonds is 7. The molecule has 9 nitrogen and oxygen atoms in total. The lowest BCUT2D eigenvalue weighted by Gasteiger charge is -2.22. The van der Waals surface area contributed by atoms with E-state index in [1.54, 1.807) is 0 Å². The van der Waals surface area contributed by atoms with Gasteiger partial charge in [0, 0.05) is 24.7 Å². The maximum absolute atomic E-state index is 12.6. The van der Waals surface area contributed by atoms with Crippen LogP contribution in [0.5, 0.6) is 11.5 Å². The van der Waals surface area contributed by atoms with Crippen LogP contribution in [-0.2, 0) is 11.3 Å². The van der Waals surface area contributed by atoms with Gasteiger partial charge in [0.25, 0.3) is 0 Å². The molecule has 2 aromatic carbocycles. The lowest BCUT2D eigenvalue weighted by molar-refractivity contribution is -0.119. The summed E-state index contributed by atoms with van der Waals surface area (Å²) in [5, 5.41) is 12.0. The molecule has 0 unspecified atom stereocenters. The second kappa shape index (κ2) is 9.10. The molecule has 0 radical (unpaired) electrons. The van der Waals surface area contributed by atoms with Gasteiger partial charge in [-0.15, -0.1) is 5.10 Å². The van der Waals surface area contributed by atoms with E-state index in [0.29, 0.717) is 17.4 Å². The Morgan fingerprint density at radius 3 is 2.69 bits per heavy atom. The van der Waals surface area contributed by atoms with Crippen LogP contribution in [0.25, 0.3) is 16.2 Å². The van der Waals surface area contributed by atoms with Crippen molar-refractivity contribution in [2.24, 2.45) is 0 Å². The molecular formula is C25H28N6O3S. The number of benzene rings is 2. The van der Waals surface area contributed by atoms with E-state index in [9.17, 15) is 4.79 Å². The molecule has 0 saturated heterocycles. The first-order valence-electron chi connectivity index (χ1n) is 11.4. The number of anilines is 2. The van der Waals surface area contributed by atoms with E-state index in [4.69, 9.17) is 19.6 Å². The first kappa shape index (κ1) is 23.0. The maximum atomic E-state index is 12.6. The van der Waals surface area contributed by atoms with Crippen LogP contribution in [0.15, 0.2) is 48.5 Å². The zero-order valence-electron chi connectivity index (χ0n) is 20.2. The second-order valence-electron chi connectivity index (χ2n) is 9.45. The smallest absolute Gasteiger partial charge is 0.239 e. The molecule has 3 heterocycles. The van der Waals surface area contributed by atoms with Crippen LogP contribution in [0.1, 0.15) is 26.3 Å². The van der Waals surface area contributed by atoms with Crippen LogP contribution in [0.3, 0.4) is 0 Å². The largest absolute Gasteiger partial charge is 0.454 e. The van der Waals surface area contributed by atoms with Crippen molar-refractivity contribution in [3.8, 4) is 22.8 Å². The summed E-state index contributed by atoms with van der Waals surface area (Å²) < 4.78 is 12.6. The van der Waals surface area contributed by atoms with Crippen molar-refractivity contribution in [2.45, 2.75) is 32.9 Å². The standard InChI is InChI=1S/C25H28N6O3S/c1-25(2,3)28-22-21(17-8-6-5-7-9-17)27-23-31(22)29-24(35-23)30(4)14-20(32)26-13-16-10-11-18-19(12-16)34-15-33-18/h5-12,28H,13-15H2,1-4H3,(H,26,32). The molecule has 4 aromatic rings. The van der Waals surface area contributed by atoms with Crippen molar-refractivity contribution in [2.75, 3.05) is 30.6 Å². The normalized spacial score (nSPS) is 12.7. The van der Waals surface area contributed by atoms with Crippen LogP contribution < -0.4 is 25.0 Å². The number of nitrogens with one attached hydrogen (secondary N) is 2. The van der Waals surface area contributed by atoms with Gasteiger partial charge >= 0.3 is 0 Å². The van der Waals surface area contributed by atoms with Crippen LogP contribution in [-0.4, -0.2) is 46.4 Å². The van der Waals surface area contributed by atoms with Gasteiger partial charge in [0.1, 0.15) is 5.69 Å². The minimum atomic E-state index is -0.177. The fourth-order valence-corrected chi connectivity index (χ4v) is 4.61. The number of hydrogen-bond donors (Lipinski definition) is 2. The van der Waals surface area contributed by atoms with Crippen LogP contribution in [0, 0.1) is 0 Å². The molecule has 35 heavy (non-hydrogen) atoms. The molecule has 1 aliphatic heterocycles. The minimum Gasteiger partial charge on any atom is -0.454 e. The van der Waals surface area contributed by atoms with E-state index in [2.05, 4.69) is 31.4 Å². The maximum Gasteiger partial charge on any atom is 0.239 e. The molecule has 0 atom stereocenters. The van der Waals surface area contributed by atoms with Gasteiger partial charge < -0.3 is 25.0 Å². The van der Waals surface area contributed by atoms with E-state index in [1.165, 1.54) is 11.3 Å². The summed E-state index contributed by atoms with van der Waals surface area (Å²) in [5.41, 5.74) is 2.65. The van der Waals surface area contributed by atoms with E-state index in [-0.39, 0.29) is 24.8 Å². The van der Waals surface area contributed by atoms with Crippen LogP contribution >= 0.6 is 11.3 Å². The molecule has 0 saturated carbocycles. The summed E-state index contributed by atoms with van der Waals surface area (Å²) in [7, 11) is 1.85. The molecule has 1 aliphatic rings. The highest BCUT2D eigenvalue weighted by Crippen LogP contribution is 2.35. The third-order valence-electron chi connectivity index (χ3n) is 5.37. The number of amides is 1. The Morgan fingerprint density at radius 1 is 1.14 bits per heavy atom. The van der Waals surface area contributed by atoms with Crippen molar-refractivity contribution in [3.63, 3.8) is 0 Å². The summed E-state index contributed by atoms with van der Waals surface area (Å²) in [6, 6.07) is 15.7. The zero-order chi connectivity index (χ0) is 24.6. The van der Waals surface area contributed by atoms with Crippen molar-refractivity contribution in [1.82, 2.24) is 19.9 Å². The van der Waals surface area contributed by atoms with E-state index < -0.39 is 0 Å². The Hall–Kier alpha value is -3.79. The van der Waals surface area contributed by atoms with Gasteiger partial charge in [-0.25, -0.2) is 4.98 Å². The molecule has 1 amide bonds. The average molecular weight is 493 g/mol. The fourth-order valence-electron chi connectivity index (χ4n) is 3.75. The molecule has 0 bridgehead atoms. The Balaban J connectivity index is 1.30. The highest BCUT2D eigenvalue weighted by Gasteiger charge is 2.23. The van der Waals surface area contributed by atoms with Gasteiger partial charge in [-0.2, -0.15) is 4.52 Å². The average Bonchev–Trinajstić information content (AvgIpc) is 3.53. The predicted octanol–water partition coefficient (Wildman–Crippen LogP) is 4.15. The first-order valence-corrected chi connectivity index (χ1v) is 12.2. The summed E-state index contributed by atoms with van der Waals surface area (Å²) in [6.07, 6.45) is 0. The Labute approximate surface area is 207 Å². The van der Waals surface area contributed by atoms with Gasteiger partial charge in [0.15, 0.2) is 17.3 Å². The number of likely N-dealkylation sites (N-methyl/N-ethyl adjacent to an activating group) is 1. The Kier molecular flexibility index (Phi) is 5.98. The molecule has 2 aromatic heterocycles. The first-order chi connectivity index (χ1) is 16.8. The molecule has 0 aliphatic carbocycles. The topological polar surface area (TPSA) is 93.0 Å². The van der Waals surface area contributed by atoms with Gasteiger partial charge in [0.2, 0.25) is 22.8 Å². The Bertz CT molecular complexity index is 1360. The predicted molar refractivity (Wildman–Crippen MR) is 137 cm³/mol. The lowest BCUT2D eigenvalue weighted by atomic mass is 10.1. The van der Waals surface area contributed by atoms with Crippen LogP contribution in [0.4, 0.5) is 10.9 Å². The minimum absolute atomic E-state index is 0.101. The summed E-state index contributed by atoms with van der Waals surface area (Å²) in [5.74, 6) is 2.16. The summed E-state index contributed by atoms with van der Waals surface area (Å²) >= 11 is 1.45. The number of ether oxygens (including phenoxy) is 2. The molecular weight excluding hydrogens is 464 g/mol. The number of fused-ring (bicyclic) bond motifs is 2. The van der Waals surface area contributed by atoms with Gasteiger partial charge in [-0.3, -0.25) is 4.79 Å². The van der Waals surface area contributed by atoms with Crippen molar-refractivity contribution < 1.29 is 14.3 Å². The molecule has 0 spiro atoms. The second-order valence-corrected chi connectivity index (χ2v) is 10.4. The quantitative estimate of drug-likeness (QED) is 0.400. The van der Waals surface area contributed by atoms with E-state index >= 15 is 0 Å². The highest BCUT2D eigenvalue weighted by molar-refractivity contribution is 7.20. The van der Waals surface area contributed by atoms with Gasteiger partial charge in [-0.1, -0.05) is 47.7 Å². The number of aromatic nitrogens is 3. The zero-order valence-corrected chi connectivity index (χ0v) is 21.0. The molecule has 10 heteroatoms. The summed E-state index contributed by atoms with van der Waals surface area (Å²) in [4.78, 5) is 20.1. The number of carbonyl (C=O) groups excluding carboxylic acids is 1. The summed E-state index contributed by atoms with van der Waals surface area (Å²) in [6.45, 7) is 7.12. The SMILES string of the molecule is CN(CC(=O)NCc1ccc2c(c1)OCO2)c1nn2c(NC(C)(C)C)c(-c3ccccc3)nc2s1. The number of carbonyl (C=O) groups is 1. The molecule has 0 fully saturated rings. The van der Waals surface area contributed by atoms with Crippen molar-refractivity contribution in [1.29, 1.82) is 0 Å². The molecule has 5 rings (SSSR count). The number of nitrogens with zero attached hydrogens (tertiary/aromatic N) is 4. The molecule has 182 valence electrons. The van der Waals surface area contributed by atoms with E-state index in [0.717, 1.165) is 33.3 Å². The van der Waals surface area contributed by atoms with Crippen molar-refractivity contribution in [3.05, 3.63) is 54.1 Å². The highest BCUT2D eigenvalue weighted by atomic mass is 32.1. The fraction of sp³-hybridized carbons (Fsp3) is 0.320. The number of imidazole rings is 1. The van der Waals surface area contributed by atoms with Gasteiger partial charge in [-0.05, 0) is 38.5 Å². The molecule has 2 N–H and O–H groups in total.